The van der Waals surface area contributed by atoms with Gasteiger partial charge >= 0.3 is 0 Å². The molecule has 0 spiro atoms. The number of nitrogens with zero attached hydrogens (tertiary/aromatic N) is 1. The monoisotopic (exact) mass is 276 g/mol. The summed E-state index contributed by atoms with van der Waals surface area (Å²) in [5, 5.41) is 0. The topological polar surface area (TPSA) is 72.6 Å². The molecule has 1 aliphatic heterocycles. The molecule has 20 heavy (non-hydrogen) atoms. The summed E-state index contributed by atoms with van der Waals surface area (Å²) in [6, 6.07) is 6.69. The fourth-order valence-corrected chi connectivity index (χ4v) is 2.29. The summed E-state index contributed by atoms with van der Waals surface area (Å²) >= 11 is 0. The zero-order chi connectivity index (χ0) is 14.9. The van der Waals surface area contributed by atoms with E-state index in [1.807, 2.05) is 38.1 Å². The molecule has 0 aromatic heterocycles. The third-order valence-electron chi connectivity index (χ3n) is 3.58. The molecular formula is C15H20N2O3. The van der Waals surface area contributed by atoms with Gasteiger partial charge in [-0.25, -0.2) is 0 Å². The lowest BCUT2D eigenvalue weighted by molar-refractivity contribution is -0.166. The summed E-state index contributed by atoms with van der Waals surface area (Å²) in [6.07, 6.45) is 0.410. The Bertz CT molecular complexity index is 522. The normalized spacial score (nSPS) is 18.4. The summed E-state index contributed by atoms with van der Waals surface area (Å²) in [6.45, 7) is 4.10. The molecule has 2 rings (SSSR count). The maximum absolute atomic E-state index is 12.1. The molecular weight excluding hydrogens is 256 g/mol. The molecule has 1 atom stereocenters. The van der Waals surface area contributed by atoms with Crippen molar-refractivity contribution >= 4 is 11.8 Å². The van der Waals surface area contributed by atoms with Crippen LogP contribution < -0.4 is 10.5 Å². The molecule has 108 valence electrons. The highest BCUT2D eigenvalue weighted by Gasteiger charge is 2.48. The smallest absolute Gasteiger partial charge is 0.246 e. The number of methoxy groups -OCH3 is 1. The predicted molar refractivity (Wildman–Crippen MR) is 75.2 cm³/mol. The maximum Gasteiger partial charge on any atom is 0.246 e. The van der Waals surface area contributed by atoms with E-state index in [1.165, 1.54) is 4.90 Å². The molecule has 1 heterocycles. The third-order valence-corrected chi connectivity index (χ3v) is 3.58. The Morgan fingerprint density at radius 2 is 2.00 bits per heavy atom. The van der Waals surface area contributed by atoms with Crippen LogP contribution >= 0.6 is 0 Å². The second-order valence-electron chi connectivity index (χ2n) is 5.77. The molecule has 1 aromatic rings. The first-order valence-electron chi connectivity index (χ1n) is 6.59. The van der Waals surface area contributed by atoms with Crippen molar-refractivity contribution in [1.29, 1.82) is 0 Å². The molecule has 5 heteroatoms. The van der Waals surface area contributed by atoms with Crippen molar-refractivity contribution in [3.63, 3.8) is 0 Å². The van der Waals surface area contributed by atoms with E-state index in [-0.39, 0.29) is 11.8 Å². The van der Waals surface area contributed by atoms with Gasteiger partial charge in [0.25, 0.3) is 0 Å². The second kappa shape index (κ2) is 5.25. The number of imide groups is 1. The molecule has 1 fully saturated rings. The quantitative estimate of drug-likeness (QED) is 0.831. The van der Waals surface area contributed by atoms with Crippen LogP contribution in [0.2, 0.25) is 0 Å². The van der Waals surface area contributed by atoms with E-state index in [9.17, 15) is 9.59 Å². The highest BCUT2D eigenvalue weighted by molar-refractivity contribution is 6.04. The minimum atomic E-state index is -0.691. The Kier molecular flexibility index (Phi) is 3.81. The van der Waals surface area contributed by atoms with Gasteiger partial charge in [0.15, 0.2) is 0 Å². The molecule has 0 aliphatic carbocycles. The molecule has 2 N–H and O–H groups in total. The second-order valence-corrected chi connectivity index (χ2v) is 5.77. The van der Waals surface area contributed by atoms with Gasteiger partial charge in [-0.2, -0.15) is 0 Å². The van der Waals surface area contributed by atoms with E-state index in [1.54, 1.807) is 7.11 Å². The summed E-state index contributed by atoms with van der Waals surface area (Å²) in [5.41, 5.74) is 6.41. The Morgan fingerprint density at radius 3 is 2.45 bits per heavy atom. The molecule has 1 aliphatic rings. The van der Waals surface area contributed by atoms with Crippen LogP contribution in [0.4, 0.5) is 0 Å². The highest BCUT2D eigenvalue weighted by Crippen LogP contribution is 2.31. The van der Waals surface area contributed by atoms with Crippen LogP contribution in [0.1, 0.15) is 19.4 Å². The number of amides is 2. The summed E-state index contributed by atoms with van der Waals surface area (Å²) in [4.78, 5) is 25.1. The number of carbonyl (C=O) groups excluding carboxylic acids is 2. The SMILES string of the molecule is COc1ccc(C[C@@H](N)C(=O)N2CC(C)(C)C2=O)cc1. The van der Waals surface area contributed by atoms with Gasteiger partial charge < -0.3 is 10.5 Å². The third kappa shape index (κ3) is 2.67. The van der Waals surface area contributed by atoms with Gasteiger partial charge in [0.1, 0.15) is 5.75 Å². The predicted octanol–water partition coefficient (Wildman–Crippen LogP) is 0.960. The van der Waals surface area contributed by atoms with Crippen molar-refractivity contribution in [2.75, 3.05) is 13.7 Å². The number of ether oxygens (including phenoxy) is 1. The minimum absolute atomic E-state index is 0.146. The van der Waals surface area contributed by atoms with Crippen molar-refractivity contribution in [3.05, 3.63) is 29.8 Å². The van der Waals surface area contributed by atoms with E-state index in [0.29, 0.717) is 13.0 Å². The van der Waals surface area contributed by atoms with E-state index >= 15 is 0 Å². The molecule has 0 saturated carbocycles. The number of hydrogen-bond acceptors (Lipinski definition) is 4. The summed E-state index contributed by atoms with van der Waals surface area (Å²) in [5.74, 6) is 0.311. The molecule has 0 bridgehead atoms. The van der Waals surface area contributed by atoms with Gasteiger partial charge in [-0.15, -0.1) is 0 Å². The van der Waals surface area contributed by atoms with E-state index < -0.39 is 11.5 Å². The maximum atomic E-state index is 12.1. The molecule has 2 amide bonds. The van der Waals surface area contributed by atoms with Gasteiger partial charge in [-0.1, -0.05) is 12.1 Å². The van der Waals surface area contributed by atoms with E-state index in [0.717, 1.165) is 11.3 Å². The van der Waals surface area contributed by atoms with Crippen molar-refractivity contribution in [2.24, 2.45) is 11.1 Å². The van der Waals surface area contributed by atoms with Crippen molar-refractivity contribution in [3.8, 4) is 5.75 Å². The first-order valence-corrected chi connectivity index (χ1v) is 6.59. The highest BCUT2D eigenvalue weighted by atomic mass is 16.5. The van der Waals surface area contributed by atoms with Crippen LogP contribution in [0.25, 0.3) is 0 Å². The van der Waals surface area contributed by atoms with Crippen molar-refractivity contribution in [1.82, 2.24) is 4.90 Å². The summed E-state index contributed by atoms with van der Waals surface area (Å²) in [7, 11) is 1.60. The van der Waals surface area contributed by atoms with E-state index in [4.69, 9.17) is 10.5 Å². The standard InChI is InChI=1S/C15H20N2O3/c1-15(2)9-17(14(15)19)13(18)12(16)8-10-4-6-11(20-3)7-5-10/h4-7,12H,8-9,16H2,1-3H3/t12-/m1/s1. The van der Waals surface area contributed by atoms with Crippen LogP contribution in [-0.4, -0.2) is 36.4 Å². The molecule has 1 aromatic carbocycles. The number of likely N-dealkylation sites (tertiary alicyclic amines) is 1. The van der Waals surface area contributed by atoms with Crippen LogP contribution in [0.3, 0.4) is 0 Å². The van der Waals surface area contributed by atoms with Crippen molar-refractivity contribution in [2.45, 2.75) is 26.3 Å². The van der Waals surface area contributed by atoms with Gasteiger partial charge in [0.2, 0.25) is 11.8 Å². The number of benzene rings is 1. The molecule has 1 saturated heterocycles. The van der Waals surface area contributed by atoms with Crippen LogP contribution in [0.5, 0.6) is 5.75 Å². The number of hydrogen-bond donors (Lipinski definition) is 1. The number of carbonyl (C=O) groups is 2. The number of β-lactam (4-membered cyclic amide) rings is 1. The molecule has 0 radical (unpaired) electrons. The van der Waals surface area contributed by atoms with Gasteiger partial charge in [0, 0.05) is 6.54 Å². The lowest BCUT2D eigenvalue weighted by atomic mass is 9.82. The Labute approximate surface area is 118 Å². The molecule has 5 nitrogen and oxygen atoms in total. The van der Waals surface area contributed by atoms with Gasteiger partial charge in [0.05, 0.1) is 18.6 Å². The minimum Gasteiger partial charge on any atom is -0.497 e. The van der Waals surface area contributed by atoms with Crippen LogP contribution in [0.15, 0.2) is 24.3 Å². The fraction of sp³-hybridized carbons (Fsp3) is 0.467. The Balaban J connectivity index is 1.96. The molecule has 0 unspecified atom stereocenters. The average molecular weight is 276 g/mol. The van der Waals surface area contributed by atoms with Gasteiger partial charge in [-0.3, -0.25) is 14.5 Å². The number of rotatable bonds is 4. The van der Waals surface area contributed by atoms with Crippen LogP contribution in [-0.2, 0) is 16.0 Å². The Hall–Kier alpha value is -1.88. The zero-order valence-corrected chi connectivity index (χ0v) is 12.1. The average Bonchev–Trinajstić information content (AvgIpc) is 2.44. The number of nitrogens with two attached hydrogens (primary N) is 1. The first-order chi connectivity index (χ1) is 9.35. The van der Waals surface area contributed by atoms with Crippen LogP contribution in [0, 0.1) is 5.41 Å². The van der Waals surface area contributed by atoms with Gasteiger partial charge in [-0.05, 0) is 38.0 Å². The largest absolute Gasteiger partial charge is 0.497 e. The fourth-order valence-electron chi connectivity index (χ4n) is 2.29. The zero-order valence-electron chi connectivity index (χ0n) is 12.1. The first kappa shape index (κ1) is 14.5. The summed E-state index contributed by atoms with van der Waals surface area (Å²) < 4.78 is 5.07. The van der Waals surface area contributed by atoms with Crippen molar-refractivity contribution < 1.29 is 14.3 Å². The lowest BCUT2D eigenvalue weighted by Gasteiger charge is -2.43. The van der Waals surface area contributed by atoms with E-state index in [2.05, 4.69) is 0 Å². The Morgan fingerprint density at radius 1 is 1.40 bits per heavy atom. The lowest BCUT2D eigenvalue weighted by Crippen LogP contribution is -2.63.